The highest BCUT2D eigenvalue weighted by atomic mass is 19.1. The van der Waals surface area contributed by atoms with Crippen molar-refractivity contribution < 1.29 is 14.0 Å². The van der Waals surface area contributed by atoms with Crippen molar-refractivity contribution in [3.8, 4) is 0 Å². The molecule has 1 saturated carbocycles. The molecule has 2 amide bonds. The van der Waals surface area contributed by atoms with Crippen LogP contribution in [0, 0.1) is 17.3 Å². The van der Waals surface area contributed by atoms with Gasteiger partial charge >= 0.3 is 0 Å². The third-order valence-electron chi connectivity index (χ3n) is 6.55. The minimum absolute atomic E-state index is 0.0632. The molecule has 0 aromatic carbocycles. The third kappa shape index (κ3) is 3.06. The van der Waals surface area contributed by atoms with E-state index in [0.717, 1.165) is 32.4 Å². The summed E-state index contributed by atoms with van der Waals surface area (Å²) in [7, 11) is 0. The first-order chi connectivity index (χ1) is 13.5. The second-order valence-electron chi connectivity index (χ2n) is 8.73. The van der Waals surface area contributed by atoms with E-state index in [2.05, 4.69) is 4.98 Å². The molecule has 0 radical (unpaired) electrons. The maximum absolute atomic E-state index is 14.7. The summed E-state index contributed by atoms with van der Waals surface area (Å²) in [6.07, 6.45) is 7.27. The molecule has 1 spiro atoms. The lowest BCUT2D eigenvalue weighted by molar-refractivity contribution is -0.139. The third-order valence-corrected chi connectivity index (χ3v) is 6.55. The number of piperidine rings is 2. The molecule has 3 aliphatic rings. The lowest BCUT2D eigenvalue weighted by Gasteiger charge is -2.48. The summed E-state index contributed by atoms with van der Waals surface area (Å²) in [5.74, 6) is -0.0415. The molecule has 0 unspecified atom stereocenters. The number of halogens is 1. The average molecular weight is 384 g/mol. The smallest absolute Gasteiger partial charge is 0.277 e. The van der Waals surface area contributed by atoms with Gasteiger partial charge in [-0.15, -0.1) is 0 Å². The zero-order valence-electron chi connectivity index (χ0n) is 15.9. The summed E-state index contributed by atoms with van der Waals surface area (Å²) in [5, 5.41) is 0. The normalized spacial score (nSPS) is 25.7. The van der Waals surface area contributed by atoms with E-state index in [9.17, 15) is 14.0 Å². The van der Waals surface area contributed by atoms with Gasteiger partial charge in [0.05, 0.1) is 0 Å². The molecule has 4 heterocycles. The Hall–Kier alpha value is -2.44. The highest BCUT2D eigenvalue weighted by Gasteiger charge is 2.44. The first kappa shape index (κ1) is 17.6. The number of carbonyl (C=O) groups is 2. The summed E-state index contributed by atoms with van der Waals surface area (Å²) in [6, 6.07) is 5.19. The number of nitrogens with zero attached hydrogens (tertiary/aromatic N) is 4. The number of hydrogen-bond acceptors (Lipinski definition) is 3. The van der Waals surface area contributed by atoms with Crippen LogP contribution in [0.25, 0.3) is 5.65 Å². The number of pyridine rings is 1. The Bertz CT molecular complexity index is 938. The first-order valence-electron chi connectivity index (χ1n) is 10.2. The van der Waals surface area contributed by atoms with Crippen molar-refractivity contribution >= 4 is 17.5 Å². The molecule has 1 aliphatic carbocycles. The first-order valence-corrected chi connectivity index (χ1v) is 10.2. The fraction of sp³-hybridized carbons (Fsp3) is 0.571. The second kappa shape index (κ2) is 6.57. The number of aromatic nitrogens is 2. The molecule has 3 fully saturated rings. The van der Waals surface area contributed by atoms with E-state index in [1.165, 1.54) is 17.2 Å². The van der Waals surface area contributed by atoms with Crippen LogP contribution in [0.15, 0.2) is 24.4 Å². The van der Waals surface area contributed by atoms with Crippen molar-refractivity contribution in [1.82, 2.24) is 19.2 Å². The van der Waals surface area contributed by atoms with Gasteiger partial charge in [0.1, 0.15) is 5.65 Å². The van der Waals surface area contributed by atoms with E-state index in [4.69, 9.17) is 0 Å². The summed E-state index contributed by atoms with van der Waals surface area (Å²) < 4.78 is 16.0. The van der Waals surface area contributed by atoms with Crippen LogP contribution in [0.5, 0.6) is 0 Å². The predicted octanol–water partition coefficient (Wildman–Crippen LogP) is 2.73. The van der Waals surface area contributed by atoms with Gasteiger partial charge in [0.25, 0.3) is 5.91 Å². The van der Waals surface area contributed by atoms with Crippen LogP contribution in [0.3, 0.4) is 0 Å². The van der Waals surface area contributed by atoms with E-state index >= 15 is 0 Å². The van der Waals surface area contributed by atoms with E-state index in [-0.39, 0.29) is 22.9 Å². The predicted molar refractivity (Wildman–Crippen MR) is 101 cm³/mol. The van der Waals surface area contributed by atoms with Crippen molar-refractivity contribution in [2.75, 3.05) is 26.2 Å². The number of likely N-dealkylation sites (tertiary alicyclic amines) is 2. The number of rotatable bonds is 3. The summed E-state index contributed by atoms with van der Waals surface area (Å²) in [5.41, 5.74) is 0.269. The molecule has 5 rings (SSSR count). The van der Waals surface area contributed by atoms with Gasteiger partial charge in [-0.25, -0.2) is 4.98 Å². The van der Waals surface area contributed by atoms with Crippen LogP contribution in [0.2, 0.25) is 0 Å². The SMILES string of the molecule is O=C1CC[C@]2(CCCN(C(=O)c3nc4ccccn4c3F)C2)CN1CC1CC1. The lowest BCUT2D eigenvalue weighted by atomic mass is 9.73. The van der Waals surface area contributed by atoms with Crippen molar-refractivity contribution in [3.63, 3.8) is 0 Å². The van der Waals surface area contributed by atoms with Gasteiger partial charge in [0, 0.05) is 44.2 Å². The highest BCUT2D eigenvalue weighted by molar-refractivity contribution is 5.93. The van der Waals surface area contributed by atoms with Gasteiger partial charge in [-0.1, -0.05) is 6.07 Å². The second-order valence-corrected chi connectivity index (χ2v) is 8.73. The fourth-order valence-corrected chi connectivity index (χ4v) is 4.85. The molecule has 2 aromatic rings. The molecule has 2 aliphatic heterocycles. The molecule has 0 N–H and O–H groups in total. The van der Waals surface area contributed by atoms with Crippen LogP contribution in [-0.2, 0) is 4.79 Å². The quantitative estimate of drug-likeness (QED) is 0.818. The average Bonchev–Trinajstić information content (AvgIpc) is 3.46. The Morgan fingerprint density at radius 3 is 2.89 bits per heavy atom. The Morgan fingerprint density at radius 1 is 1.25 bits per heavy atom. The van der Waals surface area contributed by atoms with Crippen LogP contribution in [-0.4, -0.2) is 57.2 Å². The lowest BCUT2D eigenvalue weighted by Crippen LogP contribution is -2.55. The molecule has 2 saturated heterocycles. The van der Waals surface area contributed by atoms with E-state index in [0.29, 0.717) is 31.1 Å². The van der Waals surface area contributed by atoms with Gasteiger partial charge in [-0.2, -0.15) is 4.39 Å². The highest BCUT2D eigenvalue weighted by Crippen LogP contribution is 2.41. The number of hydrogen-bond donors (Lipinski definition) is 0. The number of imidazole rings is 1. The molecular formula is C21H25FN4O2. The van der Waals surface area contributed by atoms with E-state index in [1.54, 1.807) is 29.3 Å². The van der Waals surface area contributed by atoms with Gasteiger partial charge in [0.2, 0.25) is 11.9 Å². The topological polar surface area (TPSA) is 57.9 Å². The monoisotopic (exact) mass is 384 g/mol. The summed E-state index contributed by atoms with van der Waals surface area (Å²) in [6.45, 7) is 2.77. The zero-order chi connectivity index (χ0) is 19.3. The molecule has 28 heavy (non-hydrogen) atoms. The van der Waals surface area contributed by atoms with Crippen LogP contribution >= 0.6 is 0 Å². The minimum atomic E-state index is -0.602. The minimum Gasteiger partial charge on any atom is -0.342 e. The van der Waals surface area contributed by atoms with Crippen LogP contribution in [0.1, 0.15) is 49.0 Å². The van der Waals surface area contributed by atoms with Crippen molar-refractivity contribution in [2.24, 2.45) is 11.3 Å². The molecular weight excluding hydrogens is 359 g/mol. The van der Waals surface area contributed by atoms with Gasteiger partial charge in [-0.05, 0) is 50.2 Å². The maximum Gasteiger partial charge on any atom is 0.277 e. The Kier molecular flexibility index (Phi) is 4.14. The number of amides is 2. The van der Waals surface area contributed by atoms with E-state index in [1.807, 2.05) is 4.90 Å². The molecule has 2 aromatic heterocycles. The molecule has 0 bridgehead atoms. The van der Waals surface area contributed by atoms with Crippen LogP contribution < -0.4 is 0 Å². The zero-order valence-corrected chi connectivity index (χ0v) is 15.9. The maximum atomic E-state index is 14.7. The van der Waals surface area contributed by atoms with Crippen molar-refractivity contribution in [3.05, 3.63) is 36.0 Å². The van der Waals surface area contributed by atoms with E-state index < -0.39 is 5.95 Å². The molecule has 1 atom stereocenters. The molecule has 148 valence electrons. The van der Waals surface area contributed by atoms with Crippen molar-refractivity contribution in [1.29, 1.82) is 0 Å². The summed E-state index contributed by atoms with van der Waals surface area (Å²) in [4.78, 5) is 33.4. The Labute approximate surface area is 163 Å². The van der Waals surface area contributed by atoms with Crippen LogP contribution in [0.4, 0.5) is 4.39 Å². The van der Waals surface area contributed by atoms with Crippen molar-refractivity contribution in [2.45, 2.75) is 38.5 Å². The number of carbonyl (C=O) groups excluding carboxylic acids is 2. The van der Waals surface area contributed by atoms with Gasteiger partial charge in [-0.3, -0.25) is 14.0 Å². The van der Waals surface area contributed by atoms with Gasteiger partial charge in [0.15, 0.2) is 5.69 Å². The Balaban J connectivity index is 1.36. The van der Waals surface area contributed by atoms with Gasteiger partial charge < -0.3 is 9.80 Å². The standard InChI is InChI=1S/C21H25FN4O2/c22-19-18(23-16-4-1-2-11-26(16)19)20(28)24-10-3-8-21(13-24)9-7-17(27)25(14-21)12-15-5-6-15/h1-2,4,11,15H,3,5-10,12-14H2/t21-/m0/s1. The Morgan fingerprint density at radius 2 is 2.11 bits per heavy atom. The molecule has 6 nitrogen and oxygen atoms in total. The largest absolute Gasteiger partial charge is 0.342 e. The fourth-order valence-electron chi connectivity index (χ4n) is 4.85. The number of fused-ring (bicyclic) bond motifs is 1. The summed E-state index contributed by atoms with van der Waals surface area (Å²) >= 11 is 0. The molecule has 7 heteroatoms.